The van der Waals surface area contributed by atoms with Crippen LogP contribution in [0.25, 0.3) is 0 Å². The zero-order valence-electron chi connectivity index (χ0n) is 14.6. The Bertz CT molecular complexity index is 582. The minimum Gasteiger partial charge on any atom is -0.444 e. The number of nitrogens with zero attached hydrogens (tertiary/aromatic N) is 1. The molecule has 1 amide bonds. The summed E-state index contributed by atoms with van der Waals surface area (Å²) in [7, 11) is 0. The van der Waals surface area contributed by atoms with E-state index in [2.05, 4.69) is 0 Å². The summed E-state index contributed by atoms with van der Waals surface area (Å²) >= 11 is 0. The van der Waals surface area contributed by atoms with Gasteiger partial charge >= 0.3 is 6.09 Å². The maximum Gasteiger partial charge on any atom is 0.410 e. The second kappa shape index (κ2) is 7.77. The monoisotopic (exact) mass is 335 g/mol. The number of rotatable bonds is 4. The molecule has 0 spiro atoms. The van der Waals surface area contributed by atoms with Crippen molar-refractivity contribution < 1.29 is 18.7 Å². The van der Waals surface area contributed by atoms with Crippen molar-refractivity contribution >= 4 is 12.4 Å². The number of halogens is 1. The molecule has 5 heteroatoms. The molecule has 132 valence electrons. The molecule has 1 saturated heterocycles. The largest absolute Gasteiger partial charge is 0.444 e. The van der Waals surface area contributed by atoms with E-state index in [1.54, 1.807) is 23.1 Å². The number of hydrogen-bond donors (Lipinski definition) is 0. The Kier molecular flexibility index (Phi) is 5.97. The summed E-state index contributed by atoms with van der Waals surface area (Å²) in [5.74, 6) is -0.556. The van der Waals surface area contributed by atoms with E-state index >= 15 is 0 Å². The Morgan fingerprint density at radius 3 is 2.75 bits per heavy atom. The molecule has 2 atom stereocenters. The van der Waals surface area contributed by atoms with Crippen molar-refractivity contribution in [3.05, 3.63) is 35.6 Å². The van der Waals surface area contributed by atoms with Crippen LogP contribution in [0.3, 0.4) is 0 Å². The van der Waals surface area contributed by atoms with Crippen molar-refractivity contribution in [2.75, 3.05) is 13.1 Å². The van der Waals surface area contributed by atoms with E-state index in [0.717, 1.165) is 19.1 Å². The first-order chi connectivity index (χ1) is 11.3. The number of amides is 1. The van der Waals surface area contributed by atoms with E-state index in [4.69, 9.17) is 4.74 Å². The fourth-order valence-corrected chi connectivity index (χ4v) is 3.10. The molecule has 0 saturated carbocycles. The third-order valence-corrected chi connectivity index (χ3v) is 4.30. The van der Waals surface area contributed by atoms with Gasteiger partial charge in [0.25, 0.3) is 0 Å². The lowest BCUT2D eigenvalue weighted by molar-refractivity contribution is -0.113. The van der Waals surface area contributed by atoms with Gasteiger partial charge in [-0.1, -0.05) is 18.2 Å². The molecule has 1 aliphatic heterocycles. The molecule has 1 aliphatic rings. The smallest absolute Gasteiger partial charge is 0.410 e. The standard InChI is InChI=1S/C19H26FNO3/c1-19(2,3)24-18(23)21-10-6-8-15(12-21)16(13-22)11-14-7-4-5-9-17(14)20/h4-5,7,9,13,15-16H,6,8,10-12H2,1-3H3. The fourth-order valence-electron chi connectivity index (χ4n) is 3.10. The molecule has 24 heavy (non-hydrogen) atoms. The van der Waals surface area contributed by atoms with E-state index in [0.29, 0.717) is 25.1 Å². The Balaban J connectivity index is 2.02. The van der Waals surface area contributed by atoms with Gasteiger partial charge in [0, 0.05) is 19.0 Å². The molecule has 1 fully saturated rings. The predicted molar refractivity (Wildman–Crippen MR) is 90.2 cm³/mol. The van der Waals surface area contributed by atoms with E-state index in [1.165, 1.54) is 6.07 Å². The molecule has 0 aromatic heterocycles. The first-order valence-electron chi connectivity index (χ1n) is 8.47. The number of aldehydes is 1. The minimum absolute atomic E-state index is 0.0309. The van der Waals surface area contributed by atoms with Gasteiger partial charge in [-0.25, -0.2) is 9.18 Å². The fraction of sp³-hybridized carbons (Fsp3) is 0.579. The summed E-state index contributed by atoms with van der Waals surface area (Å²) in [4.78, 5) is 25.5. The van der Waals surface area contributed by atoms with Crippen molar-refractivity contribution in [2.45, 2.75) is 45.6 Å². The molecule has 4 nitrogen and oxygen atoms in total. The Morgan fingerprint density at radius 1 is 1.42 bits per heavy atom. The number of piperidine rings is 1. The normalized spacial score (nSPS) is 19.7. The number of benzene rings is 1. The SMILES string of the molecule is CC(C)(C)OC(=O)N1CCCC(C(C=O)Cc2ccccc2F)C1. The maximum atomic E-state index is 13.8. The van der Waals surface area contributed by atoms with Crippen LogP contribution in [0.4, 0.5) is 9.18 Å². The molecule has 0 aliphatic carbocycles. The summed E-state index contributed by atoms with van der Waals surface area (Å²) in [6, 6.07) is 6.53. The average Bonchev–Trinajstić information content (AvgIpc) is 2.52. The van der Waals surface area contributed by atoms with Gasteiger partial charge in [0.1, 0.15) is 17.7 Å². The van der Waals surface area contributed by atoms with Crippen LogP contribution in [-0.4, -0.2) is 36.0 Å². The maximum absolute atomic E-state index is 13.8. The molecular weight excluding hydrogens is 309 g/mol. The van der Waals surface area contributed by atoms with Gasteiger partial charge in [0.05, 0.1) is 0 Å². The highest BCUT2D eigenvalue weighted by atomic mass is 19.1. The van der Waals surface area contributed by atoms with Crippen LogP contribution in [0.15, 0.2) is 24.3 Å². The van der Waals surface area contributed by atoms with Crippen molar-refractivity contribution in [2.24, 2.45) is 11.8 Å². The van der Waals surface area contributed by atoms with Crippen LogP contribution in [-0.2, 0) is 16.0 Å². The van der Waals surface area contributed by atoms with E-state index in [1.807, 2.05) is 20.8 Å². The summed E-state index contributed by atoms with van der Waals surface area (Å²) in [6.07, 6.45) is 2.60. The van der Waals surface area contributed by atoms with Gasteiger partial charge in [-0.15, -0.1) is 0 Å². The Hall–Kier alpha value is -1.91. The molecule has 2 rings (SSSR count). The van der Waals surface area contributed by atoms with Crippen LogP contribution in [0.5, 0.6) is 0 Å². The lowest BCUT2D eigenvalue weighted by atomic mass is 9.82. The van der Waals surface area contributed by atoms with Gasteiger partial charge in [-0.05, 0) is 57.6 Å². The molecule has 0 bridgehead atoms. The zero-order valence-corrected chi connectivity index (χ0v) is 14.6. The summed E-state index contributed by atoms with van der Waals surface area (Å²) in [5.41, 5.74) is 0.00494. The van der Waals surface area contributed by atoms with Crippen LogP contribution >= 0.6 is 0 Å². The highest BCUT2D eigenvalue weighted by Crippen LogP contribution is 2.27. The molecule has 0 radical (unpaired) electrons. The molecule has 1 heterocycles. The number of likely N-dealkylation sites (tertiary alicyclic amines) is 1. The lowest BCUT2D eigenvalue weighted by Gasteiger charge is -2.36. The van der Waals surface area contributed by atoms with Crippen molar-refractivity contribution in [3.63, 3.8) is 0 Å². The molecular formula is C19H26FNO3. The van der Waals surface area contributed by atoms with Crippen LogP contribution in [0, 0.1) is 17.7 Å². The zero-order chi connectivity index (χ0) is 17.7. The predicted octanol–water partition coefficient (Wildman–Crippen LogP) is 3.83. The van der Waals surface area contributed by atoms with E-state index in [-0.39, 0.29) is 23.7 Å². The topological polar surface area (TPSA) is 46.6 Å². The molecule has 1 aromatic carbocycles. The van der Waals surface area contributed by atoms with E-state index in [9.17, 15) is 14.0 Å². The van der Waals surface area contributed by atoms with Crippen LogP contribution in [0.2, 0.25) is 0 Å². The van der Waals surface area contributed by atoms with Gasteiger partial charge in [-0.2, -0.15) is 0 Å². The second-order valence-corrected chi connectivity index (χ2v) is 7.42. The Labute approximate surface area is 143 Å². The quantitative estimate of drug-likeness (QED) is 0.786. The number of hydrogen-bond acceptors (Lipinski definition) is 3. The highest BCUT2D eigenvalue weighted by molar-refractivity contribution is 5.68. The summed E-state index contributed by atoms with van der Waals surface area (Å²) in [6.45, 7) is 6.61. The van der Waals surface area contributed by atoms with Gasteiger partial charge in [0.2, 0.25) is 0 Å². The molecule has 1 aromatic rings. The third-order valence-electron chi connectivity index (χ3n) is 4.30. The lowest BCUT2D eigenvalue weighted by Crippen LogP contribution is -2.45. The van der Waals surface area contributed by atoms with Crippen LogP contribution in [0.1, 0.15) is 39.2 Å². The Morgan fingerprint density at radius 2 is 2.12 bits per heavy atom. The first kappa shape index (κ1) is 18.4. The van der Waals surface area contributed by atoms with Gasteiger partial charge < -0.3 is 14.4 Å². The summed E-state index contributed by atoms with van der Waals surface area (Å²) in [5, 5.41) is 0. The first-order valence-corrected chi connectivity index (χ1v) is 8.47. The minimum atomic E-state index is -0.540. The van der Waals surface area contributed by atoms with Crippen molar-refractivity contribution in [1.82, 2.24) is 4.90 Å². The summed E-state index contributed by atoms with van der Waals surface area (Å²) < 4.78 is 19.3. The number of carbonyl (C=O) groups excluding carboxylic acids is 2. The molecule has 0 N–H and O–H groups in total. The number of ether oxygens (including phenoxy) is 1. The second-order valence-electron chi connectivity index (χ2n) is 7.42. The molecule has 2 unspecified atom stereocenters. The van der Waals surface area contributed by atoms with Crippen molar-refractivity contribution in [3.8, 4) is 0 Å². The van der Waals surface area contributed by atoms with Gasteiger partial charge in [0.15, 0.2) is 0 Å². The van der Waals surface area contributed by atoms with Crippen LogP contribution < -0.4 is 0 Å². The van der Waals surface area contributed by atoms with Gasteiger partial charge in [-0.3, -0.25) is 0 Å². The number of carbonyl (C=O) groups is 2. The van der Waals surface area contributed by atoms with Crippen molar-refractivity contribution in [1.29, 1.82) is 0 Å². The third kappa shape index (κ3) is 5.05. The highest BCUT2D eigenvalue weighted by Gasteiger charge is 2.32. The average molecular weight is 335 g/mol. The van der Waals surface area contributed by atoms with E-state index < -0.39 is 5.60 Å².